The van der Waals surface area contributed by atoms with Crippen LogP contribution in [0.25, 0.3) is 22.4 Å². The first-order valence-corrected chi connectivity index (χ1v) is 9.28. The first-order valence-electron chi connectivity index (χ1n) is 9.28. The molecule has 1 aliphatic carbocycles. The molecular weight excluding hydrogens is 342 g/mol. The summed E-state index contributed by atoms with van der Waals surface area (Å²) in [6.45, 7) is 0. The maximum atomic E-state index is 13.0. The topological polar surface area (TPSA) is 85.3 Å². The van der Waals surface area contributed by atoms with E-state index in [1.807, 2.05) is 6.07 Å². The molecule has 1 N–H and O–H groups in total. The van der Waals surface area contributed by atoms with Crippen LogP contribution in [0.15, 0.2) is 47.5 Å². The zero-order chi connectivity index (χ0) is 18.4. The van der Waals surface area contributed by atoms with Crippen LogP contribution in [0.1, 0.15) is 43.8 Å². The Morgan fingerprint density at radius 3 is 2.70 bits per heavy atom. The molecule has 0 amide bonds. The van der Waals surface area contributed by atoms with E-state index >= 15 is 0 Å². The third kappa shape index (κ3) is 2.58. The Hall–Kier alpha value is -3.22. The van der Waals surface area contributed by atoms with Crippen molar-refractivity contribution in [2.45, 2.75) is 38.0 Å². The predicted octanol–water partition coefficient (Wildman–Crippen LogP) is 3.18. The maximum Gasteiger partial charge on any atom is 0.266 e. The van der Waals surface area contributed by atoms with E-state index in [-0.39, 0.29) is 11.3 Å². The van der Waals surface area contributed by atoms with Crippen LogP contribution >= 0.6 is 0 Å². The van der Waals surface area contributed by atoms with Crippen LogP contribution in [0.4, 0.5) is 0 Å². The summed E-state index contributed by atoms with van der Waals surface area (Å²) in [5.74, 6) is 1.76. The van der Waals surface area contributed by atoms with Crippen molar-refractivity contribution in [3.63, 3.8) is 0 Å². The minimum absolute atomic E-state index is 0.0494. The van der Waals surface area contributed by atoms with Gasteiger partial charge in [-0.25, -0.2) is 4.98 Å². The van der Waals surface area contributed by atoms with Crippen LogP contribution in [0.3, 0.4) is 0 Å². The number of fused-ring (bicyclic) bond motifs is 3. The molecule has 0 spiro atoms. The lowest BCUT2D eigenvalue weighted by atomic mass is 9.89. The van der Waals surface area contributed by atoms with Gasteiger partial charge in [-0.3, -0.25) is 9.36 Å². The Bertz CT molecular complexity index is 1200. The highest BCUT2D eigenvalue weighted by molar-refractivity contribution is 5.79. The second-order valence-electron chi connectivity index (χ2n) is 7.05. The van der Waals surface area contributed by atoms with Gasteiger partial charge in [0.2, 0.25) is 0 Å². The molecule has 3 aromatic heterocycles. The predicted molar refractivity (Wildman–Crippen MR) is 101 cm³/mol. The number of nitrogens with zero attached hydrogens (tertiary/aromatic N) is 5. The fourth-order valence-electron chi connectivity index (χ4n) is 3.93. The lowest BCUT2D eigenvalue weighted by Gasteiger charge is -2.17. The molecule has 4 aromatic rings. The average molecular weight is 361 g/mol. The van der Waals surface area contributed by atoms with E-state index in [0.29, 0.717) is 28.3 Å². The van der Waals surface area contributed by atoms with Gasteiger partial charge in [-0.2, -0.15) is 9.50 Å². The third-order valence-electron chi connectivity index (χ3n) is 5.36. The van der Waals surface area contributed by atoms with Gasteiger partial charge < -0.3 is 5.11 Å². The van der Waals surface area contributed by atoms with Gasteiger partial charge in [0.25, 0.3) is 11.3 Å². The van der Waals surface area contributed by atoms with Gasteiger partial charge in [-0.1, -0.05) is 31.4 Å². The molecule has 1 aromatic carbocycles. The molecule has 0 aliphatic heterocycles. The molecule has 7 heteroatoms. The summed E-state index contributed by atoms with van der Waals surface area (Å²) in [6, 6.07) is 8.57. The van der Waals surface area contributed by atoms with E-state index in [4.69, 9.17) is 0 Å². The fourth-order valence-corrected chi connectivity index (χ4v) is 3.93. The zero-order valence-electron chi connectivity index (χ0n) is 14.7. The molecule has 0 unspecified atom stereocenters. The van der Waals surface area contributed by atoms with E-state index < -0.39 is 0 Å². The minimum atomic E-state index is -0.252. The summed E-state index contributed by atoms with van der Waals surface area (Å²) in [7, 11) is 0. The quantitative estimate of drug-likeness (QED) is 0.593. The number of para-hydroxylation sites is 2. The highest BCUT2D eigenvalue weighted by atomic mass is 16.3. The van der Waals surface area contributed by atoms with Gasteiger partial charge >= 0.3 is 0 Å². The number of phenols is 1. The molecule has 1 saturated carbocycles. The average Bonchev–Trinajstić information content (AvgIpc) is 3.14. The van der Waals surface area contributed by atoms with Crippen LogP contribution in [-0.4, -0.2) is 29.3 Å². The van der Waals surface area contributed by atoms with Crippen molar-refractivity contribution in [2.75, 3.05) is 0 Å². The Labute approximate surface area is 154 Å². The lowest BCUT2D eigenvalue weighted by molar-refractivity contribution is 0.429. The SMILES string of the molecule is O=c1c2cnc3nc(C4CCCCC4)nn3c2ccn1-c1ccccc1O. The van der Waals surface area contributed by atoms with Crippen molar-refractivity contribution < 1.29 is 5.11 Å². The number of hydrogen-bond acceptors (Lipinski definition) is 5. The first kappa shape index (κ1) is 16.0. The Balaban J connectivity index is 1.68. The summed E-state index contributed by atoms with van der Waals surface area (Å²) in [5, 5.41) is 15.2. The summed E-state index contributed by atoms with van der Waals surface area (Å²) in [4.78, 5) is 21.9. The number of aromatic hydroxyl groups is 1. The molecule has 7 nitrogen and oxygen atoms in total. The lowest BCUT2D eigenvalue weighted by Crippen LogP contribution is -2.19. The molecular formula is C20H19N5O2. The molecule has 1 fully saturated rings. The van der Waals surface area contributed by atoms with Gasteiger partial charge in [-0.05, 0) is 31.0 Å². The highest BCUT2D eigenvalue weighted by Gasteiger charge is 2.21. The number of pyridine rings is 1. The van der Waals surface area contributed by atoms with Crippen LogP contribution in [0, 0.1) is 0 Å². The summed E-state index contributed by atoms with van der Waals surface area (Å²) in [6.07, 6.45) is 9.10. The largest absolute Gasteiger partial charge is 0.506 e. The molecule has 5 rings (SSSR count). The normalized spacial score (nSPS) is 15.6. The second-order valence-corrected chi connectivity index (χ2v) is 7.05. The molecule has 0 saturated heterocycles. The van der Waals surface area contributed by atoms with E-state index in [9.17, 15) is 9.90 Å². The summed E-state index contributed by atoms with van der Waals surface area (Å²) in [5.41, 5.74) is 0.857. The smallest absolute Gasteiger partial charge is 0.266 e. The van der Waals surface area contributed by atoms with Crippen LogP contribution in [0.5, 0.6) is 5.75 Å². The van der Waals surface area contributed by atoms with Gasteiger partial charge in [0.15, 0.2) is 5.82 Å². The van der Waals surface area contributed by atoms with Crippen LogP contribution in [0.2, 0.25) is 0 Å². The highest BCUT2D eigenvalue weighted by Crippen LogP contribution is 2.31. The van der Waals surface area contributed by atoms with E-state index in [0.717, 1.165) is 18.7 Å². The minimum Gasteiger partial charge on any atom is -0.506 e. The maximum absolute atomic E-state index is 13.0. The molecule has 3 heterocycles. The Morgan fingerprint density at radius 2 is 1.89 bits per heavy atom. The van der Waals surface area contributed by atoms with Gasteiger partial charge in [-0.15, -0.1) is 5.10 Å². The molecule has 1 aliphatic rings. The summed E-state index contributed by atoms with van der Waals surface area (Å²) >= 11 is 0. The molecule has 136 valence electrons. The fraction of sp³-hybridized carbons (Fsp3) is 0.300. The number of hydrogen-bond donors (Lipinski definition) is 1. The van der Waals surface area contributed by atoms with E-state index in [1.54, 1.807) is 41.2 Å². The standard InChI is InChI=1S/C20H19N5O2/c26-17-9-5-4-8-16(17)24-11-10-15-14(19(24)27)12-21-20-22-18(23-25(15)20)13-6-2-1-3-7-13/h4-5,8-13,26H,1-3,6-7H2. The molecule has 27 heavy (non-hydrogen) atoms. The number of aromatic nitrogens is 5. The second kappa shape index (κ2) is 6.19. The number of phenolic OH excluding ortho intramolecular Hbond substituents is 1. The first-order chi connectivity index (χ1) is 13.2. The molecule has 0 atom stereocenters. The van der Waals surface area contributed by atoms with E-state index in [2.05, 4.69) is 15.1 Å². The van der Waals surface area contributed by atoms with Crippen molar-refractivity contribution in [1.29, 1.82) is 0 Å². The van der Waals surface area contributed by atoms with E-state index in [1.165, 1.54) is 23.8 Å². The van der Waals surface area contributed by atoms with Crippen LogP contribution < -0.4 is 5.56 Å². The number of rotatable bonds is 2. The number of benzene rings is 1. The van der Waals surface area contributed by atoms with Gasteiger partial charge in [0.1, 0.15) is 5.75 Å². The van der Waals surface area contributed by atoms with Crippen molar-refractivity contribution in [3.05, 3.63) is 58.9 Å². The summed E-state index contributed by atoms with van der Waals surface area (Å²) < 4.78 is 3.08. The van der Waals surface area contributed by atoms with Gasteiger partial charge in [0, 0.05) is 18.3 Å². The Kier molecular flexibility index (Phi) is 3.67. The molecule has 0 bridgehead atoms. The monoisotopic (exact) mass is 361 g/mol. The van der Waals surface area contributed by atoms with Crippen molar-refractivity contribution in [2.24, 2.45) is 0 Å². The zero-order valence-corrected chi connectivity index (χ0v) is 14.7. The van der Waals surface area contributed by atoms with Crippen LogP contribution in [-0.2, 0) is 0 Å². The van der Waals surface area contributed by atoms with Crippen molar-refractivity contribution in [1.82, 2.24) is 24.1 Å². The molecule has 0 radical (unpaired) electrons. The third-order valence-corrected chi connectivity index (χ3v) is 5.36. The van der Waals surface area contributed by atoms with Crippen molar-refractivity contribution >= 4 is 16.7 Å². The van der Waals surface area contributed by atoms with Gasteiger partial charge in [0.05, 0.1) is 16.6 Å². The van der Waals surface area contributed by atoms with Crippen molar-refractivity contribution in [3.8, 4) is 11.4 Å². The Morgan fingerprint density at radius 1 is 1.07 bits per heavy atom.